The summed E-state index contributed by atoms with van der Waals surface area (Å²) < 4.78 is 13.2. The lowest BCUT2D eigenvalue weighted by Gasteiger charge is -2.45. The minimum Gasteiger partial charge on any atom is -0.495 e. The van der Waals surface area contributed by atoms with Crippen molar-refractivity contribution in [1.82, 2.24) is 4.90 Å². The van der Waals surface area contributed by atoms with E-state index < -0.39 is 0 Å². The topological polar surface area (TPSA) is 63.5 Å². The maximum Gasteiger partial charge on any atom is 0.141 e. The standard InChI is InChI=1S/C23H31BrN2O4/c1-13-6-16(25-29-3)8-19-23(13)9-17(12-27)26(10-14-4-5-14)11-15-7-18(28-2)21(24)22(30-19)20(15)23/h7,13-14,17,19,27H,4-6,8-12H2,1-3H3/b25-16+/t13-,17+,19-,23+/m1/s1. The fourth-order valence-corrected chi connectivity index (χ4v) is 6.68. The SMILES string of the molecule is CO/N=C1\C[C@@H](C)[C@]23C[C@@H](CO)N(CC4CC4)Cc4cc(OC)c(Br)c(c42)O[C@@H]3C1. The predicted molar refractivity (Wildman–Crippen MR) is 118 cm³/mol. The predicted octanol–water partition coefficient (Wildman–Crippen LogP) is 3.87. The van der Waals surface area contributed by atoms with Crippen molar-refractivity contribution in [2.45, 2.75) is 63.1 Å². The van der Waals surface area contributed by atoms with Crippen LogP contribution >= 0.6 is 15.9 Å². The molecular weight excluding hydrogens is 448 g/mol. The summed E-state index contributed by atoms with van der Waals surface area (Å²) in [6, 6.07) is 2.31. The summed E-state index contributed by atoms with van der Waals surface area (Å²) in [7, 11) is 3.31. The highest BCUT2D eigenvalue weighted by molar-refractivity contribution is 9.10. The van der Waals surface area contributed by atoms with Crippen molar-refractivity contribution in [1.29, 1.82) is 0 Å². The first-order valence-corrected chi connectivity index (χ1v) is 11.8. The molecule has 4 atom stereocenters. The van der Waals surface area contributed by atoms with Crippen LogP contribution in [-0.4, -0.2) is 55.2 Å². The maximum atomic E-state index is 10.4. The number of halogens is 1. The molecule has 2 fully saturated rings. The molecule has 5 rings (SSSR count). The lowest BCUT2D eigenvalue weighted by atomic mass is 9.59. The van der Waals surface area contributed by atoms with Crippen molar-refractivity contribution in [3.05, 3.63) is 21.7 Å². The van der Waals surface area contributed by atoms with Gasteiger partial charge >= 0.3 is 0 Å². The van der Waals surface area contributed by atoms with E-state index in [4.69, 9.17) is 14.3 Å². The average molecular weight is 479 g/mol. The minimum absolute atomic E-state index is 0.0118. The van der Waals surface area contributed by atoms with Crippen molar-refractivity contribution in [2.75, 3.05) is 27.4 Å². The lowest BCUT2D eigenvalue weighted by molar-refractivity contribution is 0.0390. The molecule has 6 nitrogen and oxygen atoms in total. The lowest BCUT2D eigenvalue weighted by Crippen LogP contribution is -2.52. The summed E-state index contributed by atoms with van der Waals surface area (Å²) in [5.74, 6) is 2.84. The molecule has 0 radical (unpaired) electrons. The smallest absolute Gasteiger partial charge is 0.141 e. The highest BCUT2D eigenvalue weighted by Gasteiger charge is 2.59. The molecule has 2 heterocycles. The number of nitrogens with zero attached hydrogens (tertiary/aromatic N) is 2. The van der Waals surface area contributed by atoms with Gasteiger partial charge in [0, 0.05) is 36.5 Å². The van der Waals surface area contributed by atoms with Gasteiger partial charge in [0.25, 0.3) is 0 Å². The molecule has 1 aromatic rings. The number of benzene rings is 1. The number of aliphatic hydroxyl groups is 1. The second-order valence-electron chi connectivity index (χ2n) is 9.47. The van der Waals surface area contributed by atoms with Crippen molar-refractivity contribution >= 4 is 21.6 Å². The van der Waals surface area contributed by atoms with Crippen LogP contribution in [0.3, 0.4) is 0 Å². The van der Waals surface area contributed by atoms with Crippen molar-refractivity contribution < 1.29 is 19.4 Å². The third-order valence-corrected chi connectivity index (χ3v) is 8.47. The largest absolute Gasteiger partial charge is 0.495 e. The van der Waals surface area contributed by atoms with Crippen LogP contribution in [0.5, 0.6) is 11.5 Å². The zero-order valence-corrected chi connectivity index (χ0v) is 19.6. The normalized spacial score (nSPS) is 34.2. The molecule has 30 heavy (non-hydrogen) atoms. The van der Waals surface area contributed by atoms with E-state index >= 15 is 0 Å². The number of rotatable bonds is 5. The van der Waals surface area contributed by atoms with Crippen molar-refractivity contribution in [3.8, 4) is 11.5 Å². The highest BCUT2D eigenvalue weighted by atomic mass is 79.9. The Hall–Kier alpha value is -1.31. The van der Waals surface area contributed by atoms with Gasteiger partial charge in [0.05, 0.1) is 19.4 Å². The van der Waals surface area contributed by atoms with Crippen LogP contribution in [0.2, 0.25) is 0 Å². The number of oxime groups is 1. The van der Waals surface area contributed by atoms with Crippen LogP contribution in [0.1, 0.15) is 50.2 Å². The third-order valence-electron chi connectivity index (χ3n) is 7.72. The first kappa shape index (κ1) is 20.6. The van der Waals surface area contributed by atoms with E-state index in [0.717, 1.165) is 60.0 Å². The molecule has 4 aliphatic rings. The number of methoxy groups -OCH3 is 1. The van der Waals surface area contributed by atoms with Crippen LogP contribution < -0.4 is 9.47 Å². The molecule has 0 bridgehead atoms. The second-order valence-corrected chi connectivity index (χ2v) is 10.3. The molecule has 0 unspecified atom stereocenters. The molecule has 1 aromatic carbocycles. The Morgan fingerprint density at radius 1 is 1.33 bits per heavy atom. The summed E-state index contributed by atoms with van der Waals surface area (Å²) in [6.45, 7) is 4.37. The molecule has 0 amide bonds. The summed E-state index contributed by atoms with van der Waals surface area (Å²) in [5, 5.41) is 14.7. The van der Waals surface area contributed by atoms with E-state index in [1.807, 2.05) is 0 Å². The number of hydrogen-bond acceptors (Lipinski definition) is 6. The first-order chi connectivity index (χ1) is 14.5. The van der Waals surface area contributed by atoms with E-state index in [1.165, 1.54) is 24.0 Å². The molecule has 7 heteroatoms. The number of ether oxygens (including phenoxy) is 2. The van der Waals surface area contributed by atoms with E-state index in [2.05, 4.69) is 39.0 Å². The second kappa shape index (κ2) is 7.68. The van der Waals surface area contributed by atoms with Crippen molar-refractivity contribution in [2.24, 2.45) is 17.0 Å². The molecule has 0 aromatic heterocycles. The van der Waals surface area contributed by atoms with Gasteiger partial charge in [0.1, 0.15) is 29.2 Å². The third kappa shape index (κ3) is 3.07. The Bertz CT molecular complexity index is 871. The highest BCUT2D eigenvalue weighted by Crippen LogP contribution is 2.61. The van der Waals surface area contributed by atoms with Gasteiger partial charge < -0.3 is 19.4 Å². The van der Waals surface area contributed by atoms with Crippen LogP contribution in [0.25, 0.3) is 0 Å². The molecule has 2 aliphatic heterocycles. The van der Waals surface area contributed by atoms with Gasteiger partial charge in [-0.05, 0) is 65.1 Å². The zero-order valence-electron chi connectivity index (χ0n) is 18.0. The van der Waals surface area contributed by atoms with Gasteiger partial charge in [-0.15, -0.1) is 0 Å². The minimum atomic E-state index is -0.141. The molecule has 2 aliphatic carbocycles. The monoisotopic (exact) mass is 478 g/mol. The summed E-state index contributed by atoms with van der Waals surface area (Å²) >= 11 is 3.76. The van der Waals surface area contributed by atoms with Crippen LogP contribution in [-0.2, 0) is 16.8 Å². The number of aliphatic hydroxyl groups excluding tert-OH is 1. The van der Waals surface area contributed by atoms with Gasteiger partial charge in [-0.2, -0.15) is 0 Å². The van der Waals surface area contributed by atoms with Gasteiger partial charge in [0.2, 0.25) is 0 Å². The van der Waals surface area contributed by atoms with Gasteiger partial charge in [-0.1, -0.05) is 12.1 Å². The Balaban J connectivity index is 1.66. The Kier molecular flexibility index (Phi) is 5.27. The average Bonchev–Trinajstić information content (AvgIpc) is 3.49. The fraction of sp³-hybridized carbons (Fsp3) is 0.696. The van der Waals surface area contributed by atoms with E-state index in [0.29, 0.717) is 5.92 Å². The number of hydrogen-bond donors (Lipinski definition) is 1. The maximum absolute atomic E-state index is 10.4. The summed E-state index contributed by atoms with van der Waals surface area (Å²) in [6.07, 6.45) is 5.14. The first-order valence-electron chi connectivity index (χ1n) is 11.0. The Morgan fingerprint density at radius 2 is 2.13 bits per heavy atom. The van der Waals surface area contributed by atoms with E-state index in [9.17, 15) is 5.11 Å². The van der Waals surface area contributed by atoms with Gasteiger partial charge in [-0.3, -0.25) is 4.90 Å². The van der Waals surface area contributed by atoms with E-state index in [-0.39, 0.29) is 24.2 Å². The molecule has 2 saturated carbocycles. The molecule has 164 valence electrons. The van der Waals surface area contributed by atoms with Crippen LogP contribution in [0.4, 0.5) is 0 Å². The van der Waals surface area contributed by atoms with Crippen LogP contribution in [0.15, 0.2) is 15.7 Å². The Morgan fingerprint density at radius 3 is 2.80 bits per heavy atom. The van der Waals surface area contributed by atoms with Gasteiger partial charge in [0.15, 0.2) is 0 Å². The molecular formula is C23H31BrN2O4. The quantitative estimate of drug-likeness (QED) is 0.650. The molecule has 1 spiro atoms. The summed E-state index contributed by atoms with van der Waals surface area (Å²) in [4.78, 5) is 7.62. The van der Waals surface area contributed by atoms with Crippen LogP contribution in [0, 0.1) is 11.8 Å². The molecule has 0 saturated heterocycles. The zero-order chi connectivity index (χ0) is 21.0. The Labute approximate surface area is 186 Å². The van der Waals surface area contributed by atoms with Gasteiger partial charge in [-0.25, -0.2) is 0 Å². The fourth-order valence-electron chi connectivity index (χ4n) is 6.12. The molecule has 1 N–H and O–H groups in total. The van der Waals surface area contributed by atoms with E-state index in [1.54, 1.807) is 14.2 Å². The van der Waals surface area contributed by atoms with Crippen molar-refractivity contribution in [3.63, 3.8) is 0 Å². The summed E-state index contributed by atoms with van der Waals surface area (Å²) in [5.41, 5.74) is 3.51.